The van der Waals surface area contributed by atoms with Gasteiger partial charge in [0.1, 0.15) is 5.82 Å². The van der Waals surface area contributed by atoms with E-state index in [0.29, 0.717) is 6.54 Å². The van der Waals surface area contributed by atoms with Crippen LogP contribution in [0.25, 0.3) is 0 Å². The number of morpholine rings is 1. The van der Waals surface area contributed by atoms with E-state index in [9.17, 15) is 9.18 Å². The van der Waals surface area contributed by atoms with Crippen LogP contribution in [0.15, 0.2) is 18.2 Å². The van der Waals surface area contributed by atoms with Gasteiger partial charge in [-0.05, 0) is 26.0 Å². The highest BCUT2D eigenvalue weighted by atomic mass is 19.1. The minimum atomic E-state index is -0.518. The Bertz CT molecular complexity index is 478. The molecule has 4 nitrogen and oxygen atoms in total. The summed E-state index contributed by atoms with van der Waals surface area (Å²) in [6, 6.07) is 4.48. The number of nitrogens with zero attached hydrogens (tertiary/aromatic N) is 1. The van der Waals surface area contributed by atoms with Crippen molar-refractivity contribution in [2.24, 2.45) is 0 Å². The Kier molecular flexibility index (Phi) is 4.17. The van der Waals surface area contributed by atoms with E-state index in [2.05, 4.69) is 0 Å². The van der Waals surface area contributed by atoms with Gasteiger partial charge in [-0.1, -0.05) is 11.6 Å². The summed E-state index contributed by atoms with van der Waals surface area (Å²) in [7, 11) is 0. The lowest BCUT2D eigenvalue weighted by Crippen LogP contribution is -2.50. The Morgan fingerprint density at radius 2 is 2.26 bits per heavy atom. The fourth-order valence-corrected chi connectivity index (χ4v) is 2.29. The van der Waals surface area contributed by atoms with Gasteiger partial charge in [-0.2, -0.15) is 0 Å². The van der Waals surface area contributed by atoms with Gasteiger partial charge in [0.2, 0.25) is 0 Å². The van der Waals surface area contributed by atoms with E-state index < -0.39 is 11.9 Å². The normalized spacial score (nSPS) is 23.5. The van der Waals surface area contributed by atoms with E-state index in [1.165, 1.54) is 11.0 Å². The van der Waals surface area contributed by atoms with E-state index in [-0.39, 0.29) is 30.7 Å². The molecule has 0 aliphatic carbocycles. The number of amides is 1. The molecule has 1 fully saturated rings. The van der Waals surface area contributed by atoms with Crippen LogP contribution in [0.5, 0.6) is 0 Å². The van der Waals surface area contributed by atoms with Gasteiger partial charge in [0.25, 0.3) is 5.91 Å². The van der Waals surface area contributed by atoms with Crippen molar-refractivity contribution >= 4 is 5.91 Å². The molecule has 19 heavy (non-hydrogen) atoms. The second-order valence-electron chi connectivity index (χ2n) is 4.94. The number of benzene rings is 1. The van der Waals surface area contributed by atoms with Gasteiger partial charge in [-0.25, -0.2) is 4.39 Å². The van der Waals surface area contributed by atoms with Crippen molar-refractivity contribution in [2.75, 3.05) is 19.7 Å². The number of rotatable bonds is 2. The highest BCUT2D eigenvalue weighted by Crippen LogP contribution is 2.17. The quantitative estimate of drug-likeness (QED) is 0.880. The molecule has 1 aliphatic rings. The van der Waals surface area contributed by atoms with Crippen LogP contribution in [0.1, 0.15) is 22.8 Å². The summed E-state index contributed by atoms with van der Waals surface area (Å²) in [6.45, 7) is 4.18. The molecular formula is C14H18FNO3. The molecule has 0 bridgehead atoms. The molecule has 0 aromatic heterocycles. The maximum absolute atomic E-state index is 13.7. The summed E-state index contributed by atoms with van der Waals surface area (Å²) in [5, 5.41) is 9.14. The number of hydrogen-bond acceptors (Lipinski definition) is 3. The van der Waals surface area contributed by atoms with Crippen LogP contribution in [0, 0.1) is 12.7 Å². The van der Waals surface area contributed by atoms with Gasteiger partial charge < -0.3 is 14.7 Å². The maximum atomic E-state index is 13.7. The van der Waals surface area contributed by atoms with Crippen LogP contribution >= 0.6 is 0 Å². The number of halogens is 1. The Balaban J connectivity index is 2.21. The van der Waals surface area contributed by atoms with Gasteiger partial charge >= 0.3 is 0 Å². The monoisotopic (exact) mass is 267 g/mol. The predicted molar refractivity (Wildman–Crippen MR) is 68.5 cm³/mol. The Hall–Kier alpha value is -1.46. The molecule has 1 aromatic rings. The number of aliphatic hydroxyl groups excluding tert-OH is 1. The molecule has 2 unspecified atom stereocenters. The minimum Gasteiger partial charge on any atom is -0.394 e. The fourth-order valence-electron chi connectivity index (χ4n) is 2.29. The van der Waals surface area contributed by atoms with Crippen LogP contribution < -0.4 is 0 Å². The average Bonchev–Trinajstić information content (AvgIpc) is 2.40. The summed E-state index contributed by atoms with van der Waals surface area (Å²) in [4.78, 5) is 13.9. The standard InChI is InChI=1S/C14H18FNO3/c1-9-3-4-13(15)12(5-9)14(18)16-6-10(2)19-11(7-16)8-17/h3-5,10-11,17H,6-8H2,1-2H3. The molecule has 1 heterocycles. The van der Waals surface area contributed by atoms with Gasteiger partial charge in [0.15, 0.2) is 0 Å². The zero-order valence-corrected chi connectivity index (χ0v) is 11.1. The number of aryl methyl sites for hydroxylation is 1. The second kappa shape index (κ2) is 5.67. The molecule has 0 spiro atoms. The van der Waals surface area contributed by atoms with Crippen molar-refractivity contribution in [1.29, 1.82) is 0 Å². The first-order chi connectivity index (χ1) is 9.01. The zero-order chi connectivity index (χ0) is 14.0. The summed E-state index contributed by atoms with van der Waals surface area (Å²) in [5.41, 5.74) is 0.913. The summed E-state index contributed by atoms with van der Waals surface area (Å²) in [6.07, 6.45) is -0.566. The Morgan fingerprint density at radius 1 is 1.53 bits per heavy atom. The Labute approximate surface area is 111 Å². The SMILES string of the molecule is Cc1ccc(F)c(C(=O)N2CC(C)OC(CO)C2)c1. The van der Waals surface area contributed by atoms with Gasteiger partial charge in [0, 0.05) is 13.1 Å². The first-order valence-corrected chi connectivity index (χ1v) is 6.33. The molecule has 1 N–H and O–H groups in total. The molecular weight excluding hydrogens is 249 g/mol. The lowest BCUT2D eigenvalue weighted by atomic mass is 10.1. The lowest BCUT2D eigenvalue weighted by Gasteiger charge is -2.36. The largest absolute Gasteiger partial charge is 0.394 e. The smallest absolute Gasteiger partial charge is 0.257 e. The minimum absolute atomic E-state index is 0.0748. The maximum Gasteiger partial charge on any atom is 0.257 e. The van der Waals surface area contributed by atoms with Crippen molar-refractivity contribution in [3.63, 3.8) is 0 Å². The first-order valence-electron chi connectivity index (χ1n) is 6.33. The molecule has 1 amide bonds. The molecule has 2 rings (SSSR count). The molecule has 104 valence electrons. The average molecular weight is 267 g/mol. The van der Waals surface area contributed by atoms with E-state index in [4.69, 9.17) is 9.84 Å². The third kappa shape index (κ3) is 3.11. The molecule has 1 saturated heterocycles. The van der Waals surface area contributed by atoms with Crippen molar-refractivity contribution in [3.05, 3.63) is 35.1 Å². The lowest BCUT2D eigenvalue weighted by molar-refractivity contribution is -0.0859. The number of ether oxygens (including phenoxy) is 1. The molecule has 1 aliphatic heterocycles. The number of hydrogen-bond donors (Lipinski definition) is 1. The van der Waals surface area contributed by atoms with Crippen molar-refractivity contribution in [2.45, 2.75) is 26.1 Å². The topological polar surface area (TPSA) is 49.8 Å². The molecule has 5 heteroatoms. The van der Waals surface area contributed by atoms with Crippen LogP contribution in [-0.2, 0) is 4.74 Å². The fraction of sp³-hybridized carbons (Fsp3) is 0.500. The molecule has 0 radical (unpaired) electrons. The predicted octanol–water partition coefficient (Wildman–Crippen LogP) is 1.36. The van der Waals surface area contributed by atoms with E-state index >= 15 is 0 Å². The third-order valence-corrected chi connectivity index (χ3v) is 3.17. The van der Waals surface area contributed by atoms with E-state index in [0.717, 1.165) is 5.56 Å². The van der Waals surface area contributed by atoms with Gasteiger partial charge in [-0.15, -0.1) is 0 Å². The number of carbonyl (C=O) groups excluding carboxylic acids is 1. The van der Waals surface area contributed by atoms with Crippen molar-refractivity contribution < 1.29 is 19.0 Å². The number of carbonyl (C=O) groups is 1. The molecule has 2 atom stereocenters. The van der Waals surface area contributed by atoms with Gasteiger partial charge in [-0.3, -0.25) is 4.79 Å². The highest BCUT2D eigenvalue weighted by Gasteiger charge is 2.29. The second-order valence-corrected chi connectivity index (χ2v) is 4.94. The van der Waals surface area contributed by atoms with Gasteiger partial charge in [0.05, 0.1) is 24.4 Å². The van der Waals surface area contributed by atoms with Crippen LogP contribution in [0.2, 0.25) is 0 Å². The van der Waals surface area contributed by atoms with Crippen molar-refractivity contribution in [3.8, 4) is 0 Å². The van der Waals surface area contributed by atoms with Crippen LogP contribution in [-0.4, -0.2) is 47.8 Å². The summed E-state index contributed by atoms with van der Waals surface area (Å²) in [5.74, 6) is -0.870. The highest BCUT2D eigenvalue weighted by molar-refractivity contribution is 5.94. The first kappa shape index (κ1) is 14.0. The molecule has 1 aromatic carbocycles. The van der Waals surface area contributed by atoms with E-state index in [1.807, 2.05) is 13.8 Å². The molecule has 0 saturated carbocycles. The van der Waals surface area contributed by atoms with Crippen LogP contribution in [0.3, 0.4) is 0 Å². The number of aliphatic hydroxyl groups is 1. The van der Waals surface area contributed by atoms with E-state index in [1.54, 1.807) is 12.1 Å². The zero-order valence-electron chi connectivity index (χ0n) is 11.1. The van der Waals surface area contributed by atoms with Crippen molar-refractivity contribution in [1.82, 2.24) is 4.90 Å². The summed E-state index contributed by atoms with van der Waals surface area (Å²) >= 11 is 0. The Morgan fingerprint density at radius 3 is 2.95 bits per heavy atom. The third-order valence-electron chi connectivity index (χ3n) is 3.17. The van der Waals surface area contributed by atoms with Crippen LogP contribution in [0.4, 0.5) is 4.39 Å². The summed E-state index contributed by atoms with van der Waals surface area (Å²) < 4.78 is 19.2.